The lowest BCUT2D eigenvalue weighted by molar-refractivity contribution is -0.139. The molecule has 0 aliphatic heterocycles. The first kappa shape index (κ1) is 10.3. The van der Waals surface area contributed by atoms with E-state index in [0.717, 1.165) is 19.3 Å². The van der Waals surface area contributed by atoms with Gasteiger partial charge >= 0.3 is 5.97 Å². The highest BCUT2D eigenvalue weighted by atomic mass is 16.5. The largest absolute Gasteiger partial charge is 0.481 e. The maximum absolute atomic E-state index is 10.5. The first-order chi connectivity index (χ1) is 6.18. The van der Waals surface area contributed by atoms with Crippen LogP contribution in [-0.2, 0) is 9.53 Å². The van der Waals surface area contributed by atoms with Crippen LogP contribution in [0, 0.1) is 5.41 Å². The molecule has 0 aromatic heterocycles. The number of hydrogen-bond donors (Lipinski definition) is 1. The Bertz CT molecular complexity index is 194. The van der Waals surface area contributed by atoms with Crippen molar-refractivity contribution < 1.29 is 14.6 Å². The molecule has 0 amide bonds. The summed E-state index contributed by atoms with van der Waals surface area (Å²) in [5, 5.41) is 8.62. The van der Waals surface area contributed by atoms with E-state index in [0.29, 0.717) is 13.2 Å². The van der Waals surface area contributed by atoms with Gasteiger partial charge < -0.3 is 9.84 Å². The number of ether oxygens (including phenoxy) is 1. The minimum atomic E-state index is -0.718. The van der Waals surface area contributed by atoms with Crippen LogP contribution in [0.2, 0.25) is 0 Å². The Kier molecular flexibility index (Phi) is 3.48. The summed E-state index contributed by atoms with van der Waals surface area (Å²) in [6, 6.07) is 0. The summed E-state index contributed by atoms with van der Waals surface area (Å²) < 4.78 is 5.37. The third-order valence-corrected chi connectivity index (χ3v) is 2.36. The second-order valence-corrected chi connectivity index (χ2v) is 3.70. The van der Waals surface area contributed by atoms with Gasteiger partial charge in [0, 0.05) is 5.41 Å². The Balaban J connectivity index is 2.12. The van der Waals surface area contributed by atoms with Crippen molar-refractivity contribution in [1.29, 1.82) is 0 Å². The van der Waals surface area contributed by atoms with Gasteiger partial charge in [-0.25, -0.2) is 0 Å². The minimum absolute atomic E-state index is 0.0347. The van der Waals surface area contributed by atoms with Crippen LogP contribution >= 0.6 is 0 Å². The van der Waals surface area contributed by atoms with E-state index in [1.54, 1.807) is 6.08 Å². The molecule has 3 nitrogen and oxygen atoms in total. The molecule has 0 heterocycles. The zero-order valence-corrected chi connectivity index (χ0v) is 7.79. The number of hydrogen-bond acceptors (Lipinski definition) is 2. The lowest BCUT2D eigenvalue weighted by Gasteiger charge is -2.11. The van der Waals surface area contributed by atoms with Crippen LogP contribution < -0.4 is 0 Å². The number of carboxylic acid groups (broad SMARTS) is 1. The predicted octanol–water partition coefficient (Wildman–Crippen LogP) is 1.83. The van der Waals surface area contributed by atoms with Gasteiger partial charge in [0.1, 0.15) is 0 Å². The van der Waals surface area contributed by atoms with Crippen molar-refractivity contribution >= 4 is 5.97 Å². The van der Waals surface area contributed by atoms with E-state index in [4.69, 9.17) is 9.84 Å². The molecule has 1 saturated carbocycles. The van der Waals surface area contributed by atoms with Gasteiger partial charge in [-0.2, -0.15) is 0 Å². The topological polar surface area (TPSA) is 46.5 Å². The second-order valence-electron chi connectivity index (χ2n) is 3.70. The summed E-state index contributed by atoms with van der Waals surface area (Å²) >= 11 is 0. The molecule has 0 saturated heterocycles. The van der Waals surface area contributed by atoms with Gasteiger partial charge in [-0.1, -0.05) is 6.08 Å². The number of rotatable bonds is 7. The fourth-order valence-electron chi connectivity index (χ4n) is 1.33. The van der Waals surface area contributed by atoms with Crippen molar-refractivity contribution in [3.63, 3.8) is 0 Å². The van der Waals surface area contributed by atoms with Crippen LogP contribution in [0.1, 0.15) is 25.7 Å². The van der Waals surface area contributed by atoms with Crippen LogP contribution in [0.15, 0.2) is 12.7 Å². The Morgan fingerprint density at radius 3 is 2.77 bits per heavy atom. The lowest BCUT2D eigenvalue weighted by atomic mass is 10.0. The van der Waals surface area contributed by atoms with Crippen molar-refractivity contribution in [2.24, 2.45) is 5.41 Å². The summed E-state index contributed by atoms with van der Waals surface area (Å²) in [7, 11) is 0. The van der Waals surface area contributed by atoms with E-state index >= 15 is 0 Å². The van der Waals surface area contributed by atoms with Crippen molar-refractivity contribution in [3.05, 3.63) is 12.7 Å². The van der Waals surface area contributed by atoms with Gasteiger partial charge in [-0.05, 0) is 19.3 Å². The molecule has 0 atom stereocenters. The second kappa shape index (κ2) is 4.42. The fourth-order valence-corrected chi connectivity index (χ4v) is 1.33. The van der Waals surface area contributed by atoms with Crippen LogP contribution in [-0.4, -0.2) is 24.3 Å². The van der Waals surface area contributed by atoms with Gasteiger partial charge in [-0.3, -0.25) is 4.79 Å². The molecule has 3 heteroatoms. The summed E-state index contributed by atoms with van der Waals surface area (Å²) in [6.07, 6.45) is 4.88. The fraction of sp³-hybridized carbons (Fsp3) is 0.700. The van der Waals surface area contributed by atoms with Crippen molar-refractivity contribution in [2.75, 3.05) is 13.2 Å². The molecule has 1 aliphatic carbocycles. The van der Waals surface area contributed by atoms with E-state index in [1.165, 1.54) is 0 Å². The average Bonchev–Trinajstić information content (AvgIpc) is 2.78. The summed E-state index contributed by atoms with van der Waals surface area (Å²) in [5.41, 5.74) is -0.0347. The molecule has 0 aromatic rings. The first-order valence-corrected chi connectivity index (χ1v) is 4.59. The predicted molar refractivity (Wildman–Crippen MR) is 49.6 cm³/mol. The molecule has 1 rings (SSSR count). The van der Waals surface area contributed by atoms with Gasteiger partial charge in [0.25, 0.3) is 0 Å². The van der Waals surface area contributed by atoms with E-state index in [1.807, 2.05) is 0 Å². The molecule has 0 bridgehead atoms. The lowest BCUT2D eigenvalue weighted by Crippen LogP contribution is -2.15. The number of carboxylic acids is 1. The molecule has 13 heavy (non-hydrogen) atoms. The summed E-state index contributed by atoms with van der Waals surface area (Å²) in [6.45, 7) is 4.83. The highest BCUT2D eigenvalue weighted by molar-refractivity contribution is 5.68. The normalized spacial score (nSPS) is 18.2. The molecular weight excluding hydrogens is 168 g/mol. The van der Waals surface area contributed by atoms with Gasteiger partial charge in [0.2, 0.25) is 0 Å². The van der Waals surface area contributed by atoms with Crippen molar-refractivity contribution in [3.8, 4) is 0 Å². The minimum Gasteiger partial charge on any atom is -0.481 e. The standard InChI is InChI=1S/C10H16O3/c1-2-3-6-13-8-10(4-5-10)7-9(11)12/h2H,1,3-8H2,(H,11,12). The molecule has 0 aromatic carbocycles. The van der Waals surface area contributed by atoms with E-state index in [9.17, 15) is 4.79 Å². The van der Waals surface area contributed by atoms with Gasteiger partial charge in [-0.15, -0.1) is 6.58 Å². The Morgan fingerprint density at radius 1 is 1.62 bits per heavy atom. The van der Waals surface area contributed by atoms with Crippen molar-refractivity contribution in [2.45, 2.75) is 25.7 Å². The van der Waals surface area contributed by atoms with Crippen LogP contribution in [0.4, 0.5) is 0 Å². The van der Waals surface area contributed by atoms with Crippen LogP contribution in [0.5, 0.6) is 0 Å². The maximum Gasteiger partial charge on any atom is 0.303 e. The molecule has 0 unspecified atom stereocenters. The third kappa shape index (κ3) is 3.59. The monoisotopic (exact) mass is 184 g/mol. The van der Waals surface area contributed by atoms with E-state index < -0.39 is 5.97 Å². The zero-order chi connectivity index (χ0) is 9.73. The number of carbonyl (C=O) groups is 1. The molecular formula is C10H16O3. The Labute approximate surface area is 78.4 Å². The first-order valence-electron chi connectivity index (χ1n) is 4.59. The van der Waals surface area contributed by atoms with Gasteiger partial charge in [0.15, 0.2) is 0 Å². The number of aliphatic carboxylic acids is 1. The molecule has 1 N–H and O–H groups in total. The summed E-state index contributed by atoms with van der Waals surface area (Å²) in [5.74, 6) is -0.718. The summed E-state index contributed by atoms with van der Waals surface area (Å²) in [4.78, 5) is 10.5. The molecule has 74 valence electrons. The zero-order valence-electron chi connectivity index (χ0n) is 7.79. The van der Waals surface area contributed by atoms with E-state index in [-0.39, 0.29) is 11.8 Å². The molecule has 0 radical (unpaired) electrons. The molecule has 0 spiro atoms. The third-order valence-electron chi connectivity index (χ3n) is 2.36. The van der Waals surface area contributed by atoms with E-state index in [2.05, 4.69) is 6.58 Å². The highest BCUT2D eigenvalue weighted by Crippen LogP contribution is 2.48. The molecule has 1 fully saturated rings. The quantitative estimate of drug-likeness (QED) is 0.485. The smallest absolute Gasteiger partial charge is 0.303 e. The average molecular weight is 184 g/mol. The highest BCUT2D eigenvalue weighted by Gasteiger charge is 2.44. The van der Waals surface area contributed by atoms with Crippen molar-refractivity contribution in [1.82, 2.24) is 0 Å². The van der Waals surface area contributed by atoms with Crippen LogP contribution in [0.3, 0.4) is 0 Å². The van der Waals surface area contributed by atoms with Gasteiger partial charge in [0.05, 0.1) is 19.6 Å². The Hall–Kier alpha value is -0.830. The Morgan fingerprint density at radius 2 is 2.31 bits per heavy atom. The maximum atomic E-state index is 10.5. The van der Waals surface area contributed by atoms with Crippen LogP contribution in [0.25, 0.3) is 0 Å². The molecule has 1 aliphatic rings. The SMILES string of the molecule is C=CCCOCC1(CC(=O)O)CC1.